The highest BCUT2D eigenvalue weighted by Gasteiger charge is 2.44. The Morgan fingerprint density at radius 3 is 2.33 bits per heavy atom. The van der Waals surface area contributed by atoms with E-state index in [1.54, 1.807) is 18.2 Å². The smallest absolute Gasteiger partial charge is 0.126 e. The molecule has 5 atom stereocenters. The molecule has 0 amide bonds. The lowest BCUT2D eigenvalue weighted by Crippen LogP contribution is -2.55. The van der Waals surface area contributed by atoms with E-state index in [1.165, 1.54) is 12.1 Å². The Balaban J connectivity index is 1.86. The molecular weight excluding hydrogens is 351 g/mol. The molecule has 0 radical (unpaired) electrons. The number of hydrogen-bond donors (Lipinski definition) is 4. The van der Waals surface area contributed by atoms with Crippen molar-refractivity contribution in [2.24, 2.45) is 0 Å². The Morgan fingerprint density at radius 2 is 1.70 bits per heavy atom. The van der Waals surface area contributed by atoms with Gasteiger partial charge in [0.05, 0.1) is 6.61 Å². The first-order chi connectivity index (χ1) is 12.9. The summed E-state index contributed by atoms with van der Waals surface area (Å²) in [5, 5.41) is 39.4. The molecule has 1 saturated heterocycles. The Morgan fingerprint density at radius 1 is 1.00 bits per heavy atom. The second-order valence-electron chi connectivity index (χ2n) is 6.62. The largest absolute Gasteiger partial charge is 0.394 e. The van der Waals surface area contributed by atoms with E-state index >= 15 is 0 Å². The average molecular weight is 372 g/mol. The lowest BCUT2D eigenvalue weighted by atomic mass is 9.90. The first kappa shape index (κ1) is 19.5. The zero-order valence-electron chi connectivity index (χ0n) is 14.5. The first-order valence-electron chi connectivity index (χ1n) is 8.59. The van der Waals surface area contributed by atoms with E-state index in [9.17, 15) is 24.8 Å². The third-order valence-electron chi connectivity index (χ3n) is 4.81. The Hall–Kier alpha value is -2.27. The number of terminal acetylenes is 1. The van der Waals surface area contributed by atoms with Gasteiger partial charge >= 0.3 is 0 Å². The van der Waals surface area contributed by atoms with Gasteiger partial charge in [-0.15, -0.1) is 6.42 Å². The highest BCUT2D eigenvalue weighted by Crippen LogP contribution is 2.33. The number of rotatable bonds is 4. The third kappa shape index (κ3) is 4.03. The summed E-state index contributed by atoms with van der Waals surface area (Å²) in [6.07, 6.45) is -0.694. The van der Waals surface area contributed by atoms with Crippen LogP contribution >= 0.6 is 0 Å². The lowest BCUT2D eigenvalue weighted by Gasteiger charge is -2.40. The second kappa shape index (κ2) is 8.17. The van der Waals surface area contributed by atoms with Crippen LogP contribution in [0.4, 0.5) is 4.39 Å². The van der Waals surface area contributed by atoms with E-state index in [4.69, 9.17) is 11.2 Å². The molecule has 0 aliphatic carbocycles. The van der Waals surface area contributed by atoms with Crippen molar-refractivity contribution in [1.82, 2.24) is 0 Å². The molecule has 1 aliphatic rings. The molecule has 0 saturated carbocycles. The standard InChI is InChI=1S/C21H21FO5/c1-2-12-3-5-13(6-4-12)9-15-10-14(7-8-16(15)22)21-20(26)19(25)18(24)17(11-23)27-21/h1,3-8,10,17-21,23-26H,9,11H2/t17-,18-,19+,20-,21+/m1/s1. The predicted octanol–water partition coefficient (Wildman–Crippen LogP) is 0.913. The number of ether oxygens (including phenoxy) is 1. The highest BCUT2D eigenvalue weighted by molar-refractivity contribution is 5.37. The number of halogens is 1. The van der Waals surface area contributed by atoms with Gasteiger partial charge in [-0.3, -0.25) is 0 Å². The fourth-order valence-corrected chi connectivity index (χ4v) is 3.22. The quantitative estimate of drug-likeness (QED) is 0.599. The molecule has 6 heteroatoms. The fraction of sp³-hybridized carbons (Fsp3) is 0.333. The van der Waals surface area contributed by atoms with Crippen molar-refractivity contribution in [3.63, 3.8) is 0 Å². The molecule has 0 bridgehead atoms. The minimum Gasteiger partial charge on any atom is -0.394 e. The molecule has 142 valence electrons. The van der Waals surface area contributed by atoms with E-state index in [0.717, 1.165) is 11.1 Å². The summed E-state index contributed by atoms with van der Waals surface area (Å²) in [7, 11) is 0. The van der Waals surface area contributed by atoms with Gasteiger partial charge in [-0.1, -0.05) is 24.1 Å². The van der Waals surface area contributed by atoms with Crippen LogP contribution in [0, 0.1) is 18.2 Å². The highest BCUT2D eigenvalue weighted by atomic mass is 19.1. The van der Waals surface area contributed by atoms with Gasteiger partial charge in [-0.05, 0) is 41.0 Å². The maximum Gasteiger partial charge on any atom is 0.126 e. The molecule has 0 aromatic heterocycles. The number of aliphatic hydroxyl groups is 4. The van der Waals surface area contributed by atoms with Gasteiger partial charge in [-0.25, -0.2) is 4.39 Å². The predicted molar refractivity (Wildman–Crippen MR) is 96.3 cm³/mol. The molecule has 1 fully saturated rings. The van der Waals surface area contributed by atoms with Crippen LogP contribution in [-0.2, 0) is 11.2 Å². The first-order valence-corrected chi connectivity index (χ1v) is 8.59. The molecule has 1 aliphatic heterocycles. The SMILES string of the molecule is C#Cc1ccc(Cc2cc([C@@H]3O[C@H](CO)[C@@H](O)[C@H](O)[C@H]3O)ccc2F)cc1. The van der Waals surface area contributed by atoms with E-state index in [0.29, 0.717) is 17.5 Å². The van der Waals surface area contributed by atoms with Crippen LogP contribution in [0.1, 0.15) is 28.4 Å². The minimum atomic E-state index is -1.48. The topological polar surface area (TPSA) is 90.2 Å². The zero-order chi connectivity index (χ0) is 19.6. The van der Waals surface area contributed by atoms with Crippen molar-refractivity contribution in [3.05, 3.63) is 70.5 Å². The molecule has 1 heterocycles. The van der Waals surface area contributed by atoms with Crippen molar-refractivity contribution in [2.45, 2.75) is 36.9 Å². The number of hydrogen-bond acceptors (Lipinski definition) is 5. The van der Waals surface area contributed by atoms with Crippen LogP contribution < -0.4 is 0 Å². The van der Waals surface area contributed by atoms with E-state index in [1.807, 2.05) is 12.1 Å². The van der Waals surface area contributed by atoms with Gasteiger partial charge in [0, 0.05) is 12.0 Å². The van der Waals surface area contributed by atoms with Gasteiger partial charge in [0.2, 0.25) is 0 Å². The summed E-state index contributed by atoms with van der Waals surface area (Å²) in [6, 6.07) is 11.4. The molecule has 27 heavy (non-hydrogen) atoms. The summed E-state index contributed by atoms with van der Waals surface area (Å²) in [5.74, 6) is 2.11. The maximum atomic E-state index is 14.3. The van der Waals surface area contributed by atoms with Crippen molar-refractivity contribution < 1.29 is 29.6 Å². The van der Waals surface area contributed by atoms with E-state index < -0.39 is 42.9 Å². The maximum absolute atomic E-state index is 14.3. The van der Waals surface area contributed by atoms with Crippen molar-refractivity contribution in [3.8, 4) is 12.3 Å². The summed E-state index contributed by atoms with van der Waals surface area (Å²) in [4.78, 5) is 0. The minimum absolute atomic E-state index is 0.307. The van der Waals surface area contributed by atoms with E-state index in [-0.39, 0.29) is 0 Å². The summed E-state index contributed by atoms with van der Waals surface area (Å²) in [5.41, 5.74) is 2.43. The second-order valence-corrected chi connectivity index (χ2v) is 6.62. The molecule has 2 aromatic carbocycles. The van der Waals surface area contributed by atoms with Crippen molar-refractivity contribution in [1.29, 1.82) is 0 Å². The van der Waals surface area contributed by atoms with Crippen LogP contribution in [0.25, 0.3) is 0 Å². The van der Waals surface area contributed by atoms with Crippen LogP contribution in [0.5, 0.6) is 0 Å². The van der Waals surface area contributed by atoms with Gasteiger partial charge in [0.15, 0.2) is 0 Å². The summed E-state index contributed by atoms with van der Waals surface area (Å²) < 4.78 is 19.8. The Bertz CT molecular complexity index is 827. The van der Waals surface area contributed by atoms with Gasteiger partial charge < -0.3 is 25.2 Å². The fourth-order valence-electron chi connectivity index (χ4n) is 3.22. The normalized spacial score (nSPS) is 27.9. The average Bonchev–Trinajstić information content (AvgIpc) is 2.69. The molecule has 3 rings (SSSR count). The number of benzene rings is 2. The van der Waals surface area contributed by atoms with Crippen LogP contribution in [-0.4, -0.2) is 51.4 Å². The molecule has 2 aromatic rings. The third-order valence-corrected chi connectivity index (χ3v) is 4.81. The van der Waals surface area contributed by atoms with Gasteiger partial charge in [-0.2, -0.15) is 0 Å². The van der Waals surface area contributed by atoms with Crippen LogP contribution in [0.15, 0.2) is 42.5 Å². The van der Waals surface area contributed by atoms with Crippen molar-refractivity contribution in [2.75, 3.05) is 6.61 Å². The molecule has 0 unspecified atom stereocenters. The summed E-state index contributed by atoms with van der Waals surface area (Å²) >= 11 is 0. The Labute approximate surface area is 156 Å². The molecule has 0 spiro atoms. The summed E-state index contributed by atoms with van der Waals surface area (Å²) in [6.45, 7) is -0.517. The lowest BCUT2D eigenvalue weighted by molar-refractivity contribution is -0.231. The van der Waals surface area contributed by atoms with Gasteiger partial charge in [0.25, 0.3) is 0 Å². The zero-order valence-corrected chi connectivity index (χ0v) is 14.5. The van der Waals surface area contributed by atoms with Gasteiger partial charge in [0.1, 0.15) is 36.3 Å². The number of aliphatic hydroxyl groups excluding tert-OH is 4. The van der Waals surface area contributed by atoms with Crippen LogP contribution in [0.3, 0.4) is 0 Å². The monoisotopic (exact) mass is 372 g/mol. The molecule has 4 N–H and O–H groups in total. The Kier molecular flexibility index (Phi) is 5.90. The molecular formula is C21H21FO5. The van der Waals surface area contributed by atoms with Crippen LogP contribution in [0.2, 0.25) is 0 Å². The van der Waals surface area contributed by atoms with Crippen molar-refractivity contribution >= 4 is 0 Å². The molecule has 5 nitrogen and oxygen atoms in total. The van der Waals surface area contributed by atoms with E-state index in [2.05, 4.69) is 5.92 Å².